The molecule has 0 aromatic carbocycles. The first kappa shape index (κ1) is 17.2. The summed E-state index contributed by atoms with van der Waals surface area (Å²) in [4.78, 5) is 31.1. The number of imidazole rings is 1. The lowest BCUT2D eigenvalue weighted by Gasteiger charge is -2.20. The Bertz CT molecular complexity index is 592. The predicted molar refractivity (Wildman–Crippen MR) is 89.6 cm³/mol. The van der Waals surface area contributed by atoms with Gasteiger partial charge >= 0.3 is 0 Å². The zero-order valence-corrected chi connectivity index (χ0v) is 14.1. The number of hydrogen-bond donors (Lipinski definition) is 1. The second-order valence-corrected chi connectivity index (χ2v) is 5.92. The highest BCUT2D eigenvalue weighted by molar-refractivity contribution is 5.97. The average Bonchev–Trinajstić information content (AvgIpc) is 2.96. The van der Waals surface area contributed by atoms with E-state index in [-0.39, 0.29) is 11.8 Å². The molecule has 0 spiro atoms. The van der Waals surface area contributed by atoms with E-state index in [1.54, 1.807) is 18.0 Å². The van der Waals surface area contributed by atoms with Gasteiger partial charge in [0.15, 0.2) is 5.82 Å². The molecule has 0 aliphatic carbocycles. The molecule has 0 radical (unpaired) electrons. The maximum Gasteiger partial charge on any atom is 0.289 e. The van der Waals surface area contributed by atoms with Crippen molar-refractivity contribution in [2.75, 3.05) is 20.1 Å². The standard InChI is InChI=1S/C17H26N4O2/c1-4-6-11-20(3)17(23)15-19-14(16(22)18-10-5-2)13-9-7-8-12-21(13)15/h5H,2,4,6-12H2,1,3H3,(H,18,22). The van der Waals surface area contributed by atoms with E-state index in [9.17, 15) is 9.59 Å². The van der Waals surface area contributed by atoms with Crippen molar-refractivity contribution in [1.82, 2.24) is 19.8 Å². The minimum absolute atomic E-state index is 0.107. The molecule has 23 heavy (non-hydrogen) atoms. The van der Waals surface area contributed by atoms with Gasteiger partial charge in [-0.15, -0.1) is 6.58 Å². The largest absolute Gasteiger partial charge is 0.347 e. The van der Waals surface area contributed by atoms with E-state index < -0.39 is 0 Å². The minimum Gasteiger partial charge on any atom is -0.347 e. The van der Waals surface area contributed by atoms with Crippen LogP contribution in [0.1, 0.15) is 59.4 Å². The van der Waals surface area contributed by atoms with Crippen LogP contribution in [-0.4, -0.2) is 46.4 Å². The van der Waals surface area contributed by atoms with Crippen molar-refractivity contribution in [3.8, 4) is 0 Å². The molecule has 1 aromatic rings. The fourth-order valence-electron chi connectivity index (χ4n) is 2.80. The van der Waals surface area contributed by atoms with Gasteiger partial charge in [0.1, 0.15) is 5.69 Å². The van der Waals surface area contributed by atoms with Crippen LogP contribution in [0.15, 0.2) is 12.7 Å². The van der Waals surface area contributed by atoms with Gasteiger partial charge < -0.3 is 14.8 Å². The van der Waals surface area contributed by atoms with E-state index in [0.29, 0.717) is 24.6 Å². The van der Waals surface area contributed by atoms with E-state index in [1.807, 2.05) is 4.57 Å². The molecule has 126 valence electrons. The third-order valence-corrected chi connectivity index (χ3v) is 4.12. The summed E-state index contributed by atoms with van der Waals surface area (Å²) in [5, 5.41) is 2.76. The smallest absolute Gasteiger partial charge is 0.289 e. The quantitative estimate of drug-likeness (QED) is 0.782. The summed E-state index contributed by atoms with van der Waals surface area (Å²) in [6, 6.07) is 0. The Kier molecular flexibility index (Phi) is 5.96. The van der Waals surface area contributed by atoms with Crippen LogP contribution >= 0.6 is 0 Å². The molecule has 0 bridgehead atoms. The van der Waals surface area contributed by atoms with Crippen LogP contribution in [0.3, 0.4) is 0 Å². The van der Waals surface area contributed by atoms with Crippen molar-refractivity contribution in [3.63, 3.8) is 0 Å². The predicted octanol–water partition coefficient (Wildman–Crippen LogP) is 2.01. The molecule has 0 saturated carbocycles. The summed E-state index contributed by atoms with van der Waals surface area (Å²) in [6.07, 6.45) is 6.44. The highest BCUT2D eigenvalue weighted by Gasteiger charge is 2.28. The van der Waals surface area contributed by atoms with Gasteiger partial charge in [0.05, 0.1) is 5.69 Å². The van der Waals surface area contributed by atoms with E-state index >= 15 is 0 Å². The van der Waals surface area contributed by atoms with Crippen molar-refractivity contribution in [3.05, 3.63) is 29.9 Å². The number of nitrogens with one attached hydrogen (secondary N) is 1. The van der Waals surface area contributed by atoms with Crippen LogP contribution in [-0.2, 0) is 13.0 Å². The summed E-state index contributed by atoms with van der Waals surface area (Å²) in [5.74, 6) is 0.0530. The van der Waals surface area contributed by atoms with Gasteiger partial charge in [0.25, 0.3) is 11.8 Å². The van der Waals surface area contributed by atoms with E-state index in [1.165, 1.54) is 0 Å². The van der Waals surface area contributed by atoms with Gasteiger partial charge in [0, 0.05) is 26.7 Å². The summed E-state index contributed by atoms with van der Waals surface area (Å²) in [6.45, 7) is 7.54. The third kappa shape index (κ3) is 3.81. The number of amides is 2. The molecule has 0 saturated heterocycles. The van der Waals surface area contributed by atoms with Crippen molar-refractivity contribution in [2.45, 2.75) is 45.6 Å². The fraction of sp³-hybridized carbons (Fsp3) is 0.588. The summed E-state index contributed by atoms with van der Waals surface area (Å²) in [7, 11) is 1.79. The molecule has 6 heteroatoms. The van der Waals surface area contributed by atoms with Crippen molar-refractivity contribution in [2.24, 2.45) is 0 Å². The van der Waals surface area contributed by atoms with Crippen LogP contribution in [0.4, 0.5) is 0 Å². The topological polar surface area (TPSA) is 67.2 Å². The maximum absolute atomic E-state index is 12.7. The molecule has 6 nitrogen and oxygen atoms in total. The first-order valence-corrected chi connectivity index (χ1v) is 8.34. The number of aromatic nitrogens is 2. The molecule has 2 rings (SSSR count). The maximum atomic E-state index is 12.7. The van der Waals surface area contributed by atoms with Crippen LogP contribution in [0, 0.1) is 0 Å². The summed E-state index contributed by atoms with van der Waals surface area (Å²) in [5.41, 5.74) is 1.27. The number of hydrogen-bond acceptors (Lipinski definition) is 3. The number of unbranched alkanes of at least 4 members (excludes halogenated alkanes) is 1. The van der Waals surface area contributed by atoms with Crippen molar-refractivity contribution in [1.29, 1.82) is 0 Å². The molecule has 0 fully saturated rings. The van der Waals surface area contributed by atoms with Crippen molar-refractivity contribution < 1.29 is 9.59 Å². The Morgan fingerprint density at radius 3 is 2.91 bits per heavy atom. The van der Waals surface area contributed by atoms with Gasteiger partial charge in [0.2, 0.25) is 0 Å². The van der Waals surface area contributed by atoms with Gasteiger partial charge in [-0.2, -0.15) is 0 Å². The van der Waals surface area contributed by atoms with Gasteiger partial charge in [-0.3, -0.25) is 9.59 Å². The normalized spacial score (nSPS) is 13.3. The molecule has 2 amide bonds. The molecular formula is C17H26N4O2. The van der Waals surface area contributed by atoms with E-state index in [2.05, 4.69) is 23.8 Å². The lowest BCUT2D eigenvalue weighted by atomic mass is 10.1. The van der Waals surface area contributed by atoms with Gasteiger partial charge in [-0.05, 0) is 25.7 Å². The minimum atomic E-state index is -0.231. The second-order valence-electron chi connectivity index (χ2n) is 5.92. The first-order valence-electron chi connectivity index (χ1n) is 8.34. The second kappa shape index (κ2) is 7.94. The third-order valence-electron chi connectivity index (χ3n) is 4.12. The number of fused-ring (bicyclic) bond motifs is 1. The highest BCUT2D eigenvalue weighted by Crippen LogP contribution is 2.22. The van der Waals surface area contributed by atoms with Crippen LogP contribution in [0.5, 0.6) is 0 Å². The van der Waals surface area contributed by atoms with Crippen molar-refractivity contribution >= 4 is 11.8 Å². The Balaban J connectivity index is 2.29. The number of nitrogens with zero attached hydrogens (tertiary/aromatic N) is 3. The Morgan fingerprint density at radius 1 is 1.43 bits per heavy atom. The van der Waals surface area contributed by atoms with Crippen LogP contribution < -0.4 is 5.32 Å². The average molecular weight is 318 g/mol. The molecule has 2 heterocycles. The summed E-state index contributed by atoms with van der Waals surface area (Å²) < 4.78 is 1.93. The van der Waals surface area contributed by atoms with Crippen LogP contribution in [0.25, 0.3) is 0 Å². The molecule has 1 aliphatic heterocycles. The summed E-state index contributed by atoms with van der Waals surface area (Å²) >= 11 is 0. The zero-order valence-electron chi connectivity index (χ0n) is 14.1. The van der Waals surface area contributed by atoms with E-state index in [0.717, 1.165) is 44.3 Å². The lowest BCUT2D eigenvalue weighted by Crippen LogP contribution is -2.31. The number of carbonyl (C=O) groups excluding carboxylic acids is 2. The van der Waals surface area contributed by atoms with E-state index in [4.69, 9.17) is 0 Å². The highest BCUT2D eigenvalue weighted by atomic mass is 16.2. The fourth-order valence-corrected chi connectivity index (χ4v) is 2.80. The monoisotopic (exact) mass is 318 g/mol. The lowest BCUT2D eigenvalue weighted by molar-refractivity contribution is 0.0775. The molecule has 1 aromatic heterocycles. The molecule has 0 unspecified atom stereocenters. The van der Waals surface area contributed by atoms with Gasteiger partial charge in [-0.25, -0.2) is 4.98 Å². The number of rotatable bonds is 7. The Morgan fingerprint density at radius 2 is 2.22 bits per heavy atom. The Hall–Kier alpha value is -2.11. The van der Waals surface area contributed by atoms with Crippen LogP contribution in [0.2, 0.25) is 0 Å². The number of carbonyl (C=O) groups is 2. The SMILES string of the molecule is C=CCNC(=O)c1nc(C(=O)N(C)CCCC)n2c1CCCC2. The molecule has 0 atom stereocenters. The molecule has 1 N–H and O–H groups in total. The first-order chi connectivity index (χ1) is 11.1. The van der Waals surface area contributed by atoms with Gasteiger partial charge in [-0.1, -0.05) is 19.4 Å². The molecular weight excluding hydrogens is 292 g/mol. The Labute approximate surface area is 137 Å². The zero-order chi connectivity index (χ0) is 16.8. The molecule has 1 aliphatic rings.